The van der Waals surface area contributed by atoms with Gasteiger partial charge in [-0.3, -0.25) is 9.69 Å². The molecule has 1 amide bonds. The third kappa shape index (κ3) is 6.34. The molecule has 1 unspecified atom stereocenters. The van der Waals surface area contributed by atoms with E-state index in [2.05, 4.69) is 40.1 Å². The molecule has 2 aliphatic rings. The van der Waals surface area contributed by atoms with Crippen LogP contribution < -0.4 is 11.0 Å². The number of nitrogens with zero attached hydrogens (tertiary/aromatic N) is 3. The molecule has 9 heteroatoms. The Labute approximate surface area is 205 Å². The number of carboxylic acid groups (broad SMARTS) is 1. The van der Waals surface area contributed by atoms with Crippen molar-refractivity contribution in [1.29, 1.82) is 0 Å². The zero-order valence-corrected chi connectivity index (χ0v) is 20.2. The lowest BCUT2D eigenvalue weighted by Crippen LogP contribution is -2.47. The summed E-state index contributed by atoms with van der Waals surface area (Å²) in [5.41, 5.74) is 8.40. The third-order valence-electron chi connectivity index (χ3n) is 6.62. The maximum absolute atomic E-state index is 13.0. The Balaban J connectivity index is 1.21. The predicted octanol–water partition coefficient (Wildman–Crippen LogP) is 2.60. The van der Waals surface area contributed by atoms with Crippen molar-refractivity contribution in [3.8, 4) is 0 Å². The van der Waals surface area contributed by atoms with Crippen LogP contribution >= 0.6 is 11.6 Å². The molecule has 34 heavy (non-hydrogen) atoms. The van der Waals surface area contributed by atoms with Crippen molar-refractivity contribution < 1.29 is 14.7 Å². The van der Waals surface area contributed by atoms with E-state index in [0.29, 0.717) is 24.0 Å². The van der Waals surface area contributed by atoms with E-state index < -0.39 is 5.97 Å². The fourth-order valence-electron chi connectivity index (χ4n) is 4.65. The van der Waals surface area contributed by atoms with Crippen LogP contribution in [0.15, 0.2) is 48.5 Å². The van der Waals surface area contributed by atoms with Gasteiger partial charge in [0.2, 0.25) is 5.91 Å². The lowest BCUT2D eigenvalue weighted by atomic mass is 9.95. The number of hydrazine groups is 2. The van der Waals surface area contributed by atoms with Gasteiger partial charge in [-0.05, 0) is 55.1 Å². The zero-order valence-electron chi connectivity index (χ0n) is 19.4. The summed E-state index contributed by atoms with van der Waals surface area (Å²) in [4.78, 5) is 28.4. The fraction of sp³-hybridized carbons (Fsp3) is 0.440. The number of carbonyl (C=O) groups excluding carboxylic acids is 1. The molecule has 0 aliphatic carbocycles. The van der Waals surface area contributed by atoms with Crippen LogP contribution in [0.5, 0.6) is 0 Å². The molecule has 4 rings (SSSR count). The van der Waals surface area contributed by atoms with E-state index in [0.717, 1.165) is 44.6 Å². The number of likely N-dealkylation sites (tertiary alicyclic amines) is 1. The SMILES string of the molecule is CN(CC1CCN(Cc2ccccc2)CC1)C(=O)C1CN(Cc2ccc(C(=O)O)cc2Cl)NN1. The highest BCUT2D eigenvalue weighted by Crippen LogP contribution is 2.22. The maximum Gasteiger partial charge on any atom is 0.335 e. The summed E-state index contributed by atoms with van der Waals surface area (Å²) >= 11 is 6.25. The Hall–Kier alpha value is -2.49. The lowest BCUT2D eigenvalue weighted by molar-refractivity contribution is -0.132. The number of carboxylic acids is 1. The Morgan fingerprint density at radius 1 is 1.12 bits per heavy atom. The van der Waals surface area contributed by atoms with E-state index in [1.807, 2.05) is 23.0 Å². The van der Waals surface area contributed by atoms with Crippen LogP contribution in [0, 0.1) is 5.92 Å². The quantitative estimate of drug-likeness (QED) is 0.529. The smallest absolute Gasteiger partial charge is 0.335 e. The number of hydrogen-bond acceptors (Lipinski definition) is 6. The highest BCUT2D eigenvalue weighted by molar-refractivity contribution is 6.31. The Morgan fingerprint density at radius 2 is 1.85 bits per heavy atom. The molecule has 3 N–H and O–H groups in total. The van der Waals surface area contributed by atoms with E-state index >= 15 is 0 Å². The van der Waals surface area contributed by atoms with Gasteiger partial charge in [-0.1, -0.05) is 48.0 Å². The number of benzene rings is 2. The highest BCUT2D eigenvalue weighted by Gasteiger charge is 2.31. The first-order chi connectivity index (χ1) is 16.4. The van der Waals surface area contributed by atoms with Crippen LogP contribution in [0.1, 0.15) is 34.3 Å². The van der Waals surface area contributed by atoms with Crippen LogP contribution in [-0.4, -0.2) is 71.1 Å². The molecular weight excluding hydrogens is 454 g/mol. The third-order valence-corrected chi connectivity index (χ3v) is 6.98. The summed E-state index contributed by atoms with van der Waals surface area (Å²) in [5.74, 6) is -0.433. The molecule has 0 bridgehead atoms. The second-order valence-electron chi connectivity index (χ2n) is 9.22. The number of likely N-dealkylation sites (N-methyl/N-ethyl adjacent to an activating group) is 1. The van der Waals surface area contributed by atoms with Gasteiger partial charge in [-0.2, -0.15) is 5.53 Å². The van der Waals surface area contributed by atoms with Gasteiger partial charge in [-0.25, -0.2) is 15.2 Å². The van der Waals surface area contributed by atoms with Gasteiger partial charge in [0, 0.05) is 38.2 Å². The molecule has 2 saturated heterocycles. The minimum atomic E-state index is -1.01. The molecular formula is C25H32ClN5O3. The van der Waals surface area contributed by atoms with Crippen molar-refractivity contribution in [2.24, 2.45) is 5.92 Å². The van der Waals surface area contributed by atoms with Crippen LogP contribution in [0.25, 0.3) is 0 Å². The Morgan fingerprint density at radius 3 is 2.53 bits per heavy atom. The molecule has 0 saturated carbocycles. The van der Waals surface area contributed by atoms with Gasteiger partial charge in [0.25, 0.3) is 0 Å². The van der Waals surface area contributed by atoms with Gasteiger partial charge < -0.3 is 10.0 Å². The van der Waals surface area contributed by atoms with E-state index in [4.69, 9.17) is 16.7 Å². The molecule has 1 atom stereocenters. The van der Waals surface area contributed by atoms with E-state index in [1.54, 1.807) is 6.07 Å². The van der Waals surface area contributed by atoms with Crippen molar-refractivity contribution in [2.45, 2.75) is 32.0 Å². The molecule has 2 fully saturated rings. The van der Waals surface area contributed by atoms with Gasteiger partial charge in [0.1, 0.15) is 6.04 Å². The minimum absolute atomic E-state index is 0.0639. The average molecular weight is 486 g/mol. The Bertz CT molecular complexity index is 997. The molecule has 8 nitrogen and oxygen atoms in total. The van der Waals surface area contributed by atoms with E-state index in [1.165, 1.54) is 17.7 Å². The number of hydrogen-bond donors (Lipinski definition) is 3. The molecule has 2 aromatic carbocycles. The summed E-state index contributed by atoms with van der Waals surface area (Å²) in [5, 5.41) is 11.4. The first-order valence-corrected chi connectivity index (χ1v) is 12.1. The van der Waals surface area contributed by atoms with Crippen LogP contribution in [0.2, 0.25) is 5.02 Å². The minimum Gasteiger partial charge on any atom is -0.478 e. The first kappa shape index (κ1) is 24.6. The summed E-state index contributed by atoms with van der Waals surface area (Å²) in [7, 11) is 1.88. The van der Waals surface area contributed by atoms with Crippen molar-refractivity contribution in [3.63, 3.8) is 0 Å². The summed E-state index contributed by atoms with van der Waals surface area (Å²) in [6.45, 7) is 4.81. The zero-order chi connectivity index (χ0) is 24.1. The van der Waals surface area contributed by atoms with Crippen LogP contribution in [-0.2, 0) is 17.9 Å². The number of piperidine rings is 1. The van der Waals surface area contributed by atoms with Crippen molar-refractivity contribution in [1.82, 2.24) is 25.8 Å². The second kappa shape index (κ2) is 11.3. The molecule has 0 spiro atoms. The number of amides is 1. The first-order valence-electron chi connectivity index (χ1n) is 11.7. The topological polar surface area (TPSA) is 88.2 Å². The number of nitrogens with one attached hydrogen (secondary N) is 2. The fourth-order valence-corrected chi connectivity index (χ4v) is 4.89. The molecule has 2 aromatic rings. The van der Waals surface area contributed by atoms with Crippen LogP contribution in [0.4, 0.5) is 0 Å². The van der Waals surface area contributed by atoms with E-state index in [9.17, 15) is 9.59 Å². The molecule has 0 radical (unpaired) electrons. The summed E-state index contributed by atoms with van der Waals surface area (Å²) in [6.07, 6.45) is 2.19. The van der Waals surface area contributed by atoms with Gasteiger partial charge in [-0.15, -0.1) is 0 Å². The van der Waals surface area contributed by atoms with Crippen molar-refractivity contribution in [2.75, 3.05) is 33.2 Å². The summed E-state index contributed by atoms with van der Waals surface area (Å²) in [6, 6.07) is 14.9. The second-order valence-corrected chi connectivity index (χ2v) is 9.63. The molecule has 2 aliphatic heterocycles. The number of carbonyl (C=O) groups is 2. The summed E-state index contributed by atoms with van der Waals surface area (Å²) < 4.78 is 0. The average Bonchev–Trinajstić information content (AvgIpc) is 3.30. The van der Waals surface area contributed by atoms with Gasteiger partial charge in [0.05, 0.1) is 5.56 Å². The number of aromatic carboxylic acids is 1. The maximum atomic E-state index is 13.0. The predicted molar refractivity (Wildman–Crippen MR) is 131 cm³/mol. The number of halogens is 1. The molecule has 0 aromatic heterocycles. The lowest BCUT2D eigenvalue weighted by Gasteiger charge is -2.34. The van der Waals surface area contributed by atoms with Gasteiger partial charge >= 0.3 is 5.97 Å². The largest absolute Gasteiger partial charge is 0.478 e. The van der Waals surface area contributed by atoms with Gasteiger partial charge in [0.15, 0.2) is 0 Å². The monoisotopic (exact) mass is 485 g/mol. The van der Waals surface area contributed by atoms with Crippen LogP contribution in [0.3, 0.4) is 0 Å². The van der Waals surface area contributed by atoms with E-state index in [-0.39, 0.29) is 17.5 Å². The molecule has 2 heterocycles. The normalized spacial score (nSPS) is 19.9. The van der Waals surface area contributed by atoms with Crippen molar-refractivity contribution >= 4 is 23.5 Å². The van der Waals surface area contributed by atoms with Crippen molar-refractivity contribution in [3.05, 3.63) is 70.2 Å². The Kier molecular flexibility index (Phi) is 8.18. The number of rotatable bonds is 8. The highest BCUT2D eigenvalue weighted by atomic mass is 35.5. The standard InChI is InChI=1S/C25H32ClN5O3/c1-29(14-19-9-11-30(12-10-19)15-18-5-3-2-4-6-18)24(32)23-17-31(28-27-23)16-21-8-7-20(25(33)34)13-22(21)26/h2-8,13,19,23,27-28H,9-12,14-17H2,1H3,(H,33,34). The molecule has 182 valence electrons.